The maximum atomic E-state index is 5.58. The van der Waals surface area contributed by atoms with E-state index in [4.69, 9.17) is 9.47 Å². The highest BCUT2D eigenvalue weighted by atomic mass is 127. The van der Waals surface area contributed by atoms with Crippen LogP contribution in [0.5, 0.6) is 11.5 Å². The van der Waals surface area contributed by atoms with E-state index in [1.165, 1.54) is 18.3 Å². The molecule has 3 rings (SSSR count). The minimum absolute atomic E-state index is 0.821. The van der Waals surface area contributed by atoms with Gasteiger partial charge in [-0.05, 0) is 86.6 Å². The van der Waals surface area contributed by atoms with Crippen LogP contribution >= 0.6 is 45.2 Å². The average Bonchev–Trinajstić information content (AvgIpc) is 2.64. The van der Waals surface area contributed by atoms with Crippen LogP contribution in [0.4, 0.5) is 0 Å². The van der Waals surface area contributed by atoms with Gasteiger partial charge in [0, 0.05) is 18.3 Å². The zero-order valence-corrected chi connectivity index (χ0v) is 17.7. The SMILES string of the molecule is COc1ccc(OC)c(-c2cc(-c3ccccc3)cc(I)c2I)c1. The van der Waals surface area contributed by atoms with Crippen molar-refractivity contribution < 1.29 is 9.47 Å². The summed E-state index contributed by atoms with van der Waals surface area (Å²) in [6.07, 6.45) is 0. The molecule has 0 aliphatic rings. The fourth-order valence-electron chi connectivity index (χ4n) is 2.61. The van der Waals surface area contributed by atoms with Crippen LogP contribution in [0.1, 0.15) is 0 Å². The van der Waals surface area contributed by atoms with Crippen molar-refractivity contribution in [2.24, 2.45) is 0 Å². The standard InChI is InChI=1S/C20H16I2O2/c1-23-15-8-9-19(24-2)16(12-15)17-10-14(11-18(21)20(17)22)13-6-4-3-5-7-13/h3-12H,1-2H3. The van der Waals surface area contributed by atoms with E-state index in [9.17, 15) is 0 Å². The third kappa shape index (κ3) is 3.54. The molecule has 0 saturated carbocycles. The van der Waals surface area contributed by atoms with E-state index in [2.05, 4.69) is 81.6 Å². The fourth-order valence-corrected chi connectivity index (χ4v) is 3.83. The molecule has 0 spiro atoms. The summed E-state index contributed by atoms with van der Waals surface area (Å²) in [5.41, 5.74) is 4.59. The molecule has 0 saturated heterocycles. The van der Waals surface area contributed by atoms with E-state index in [0.29, 0.717) is 0 Å². The molecule has 122 valence electrons. The van der Waals surface area contributed by atoms with Gasteiger partial charge in [-0.25, -0.2) is 0 Å². The summed E-state index contributed by atoms with van der Waals surface area (Å²) >= 11 is 4.79. The van der Waals surface area contributed by atoms with Crippen molar-refractivity contribution in [3.8, 4) is 33.8 Å². The summed E-state index contributed by atoms with van der Waals surface area (Å²) in [7, 11) is 3.38. The Hall–Kier alpha value is -1.28. The summed E-state index contributed by atoms with van der Waals surface area (Å²) in [4.78, 5) is 0. The smallest absolute Gasteiger partial charge is 0.126 e. The van der Waals surface area contributed by atoms with Gasteiger partial charge in [0.05, 0.1) is 14.2 Å². The zero-order chi connectivity index (χ0) is 17.1. The first-order valence-electron chi connectivity index (χ1n) is 7.41. The van der Waals surface area contributed by atoms with Crippen LogP contribution in [-0.4, -0.2) is 14.2 Å². The Morgan fingerprint density at radius 2 is 1.46 bits per heavy atom. The quantitative estimate of drug-likeness (QED) is 0.364. The highest BCUT2D eigenvalue weighted by molar-refractivity contribution is 14.1. The molecule has 0 aromatic heterocycles. The summed E-state index contributed by atoms with van der Waals surface area (Å²) in [5.74, 6) is 1.66. The third-order valence-corrected chi connectivity index (χ3v) is 6.88. The first-order chi connectivity index (χ1) is 11.6. The molecular formula is C20H16I2O2. The zero-order valence-electron chi connectivity index (χ0n) is 13.3. The maximum absolute atomic E-state index is 5.58. The summed E-state index contributed by atoms with van der Waals surface area (Å²) < 4.78 is 13.4. The molecule has 0 aliphatic carbocycles. The number of hydrogen-bond donors (Lipinski definition) is 0. The van der Waals surface area contributed by atoms with Gasteiger partial charge in [0.1, 0.15) is 11.5 Å². The van der Waals surface area contributed by atoms with Crippen molar-refractivity contribution in [3.05, 3.63) is 67.8 Å². The molecule has 0 unspecified atom stereocenters. The lowest BCUT2D eigenvalue weighted by atomic mass is 9.98. The van der Waals surface area contributed by atoms with Crippen LogP contribution in [0.15, 0.2) is 60.7 Å². The van der Waals surface area contributed by atoms with Gasteiger partial charge in [0.25, 0.3) is 0 Å². The van der Waals surface area contributed by atoms with Crippen molar-refractivity contribution >= 4 is 45.2 Å². The van der Waals surface area contributed by atoms with Crippen LogP contribution in [0.3, 0.4) is 0 Å². The van der Waals surface area contributed by atoms with Crippen molar-refractivity contribution in [1.29, 1.82) is 0 Å². The van der Waals surface area contributed by atoms with Gasteiger partial charge in [-0.15, -0.1) is 0 Å². The molecule has 0 atom stereocenters. The second-order valence-corrected chi connectivity index (χ2v) is 7.49. The van der Waals surface area contributed by atoms with E-state index in [-0.39, 0.29) is 0 Å². The van der Waals surface area contributed by atoms with E-state index in [1.807, 2.05) is 24.3 Å². The van der Waals surface area contributed by atoms with Crippen molar-refractivity contribution in [1.82, 2.24) is 0 Å². The van der Waals surface area contributed by atoms with Crippen LogP contribution < -0.4 is 9.47 Å². The molecule has 0 bridgehead atoms. The molecule has 0 aliphatic heterocycles. The Morgan fingerprint density at radius 1 is 0.708 bits per heavy atom. The molecule has 0 radical (unpaired) electrons. The Morgan fingerprint density at radius 3 is 2.12 bits per heavy atom. The molecule has 0 N–H and O–H groups in total. The minimum atomic E-state index is 0.821. The number of ether oxygens (including phenoxy) is 2. The third-order valence-electron chi connectivity index (χ3n) is 3.83. The summed E-state index contributed by atoms with van der Waals surface area (Å²) in [5, 5.41) is 0. The molecule has 0 heterocycles. The van der Waals surface area contributed by atoms with Crippen molar-refractivity contribution in [2.75, 3.05) is 14.2 Å². The van der Waals surface area contributed by atoms with Gasteiger partial charge in [-0.2, -0.15) is 0 Å². The average molecular weight is 542 g/mol. The topological polar surface area (TPSA) is 18.5 Å². The lowest BCUT2D eigenvalue weighted by Gasteiger charge is -2.15. The van der Waals surface area contributed by atoms with Crippen LogP contribution in [0, 0.1) is 7.14 Å². The highest BCUT2D eigenvalue weighted by Crippen LogP contribution is 2.39. The second kappa shape index (κ2) is 7.74. The van der Waals surface area contributed by atoms with E-state index in [1.54, 1.807) is 14.2 Å². The Labute approximate surface area is 169 Å². The number of benzene rings is 3. The highest BCUT2D eigenvalue weighted by Gasteiger charge is 2.15. The molecule has 24 heavy (non-hydrogen) atoms. The lowest BCUT2D eigenvalue weighted by Crippen LogP contribution is -1.94. The number of methoxy groups -OCH3 is 2. The van der Waals surface area contributed by atoms with Gasteiger partial charge in [-0.3, -0.25) is 0 Å². The van der Waals surface area contributed by atoms with Crippen molar-refractivity contribution in [3.63, 3.8) is 0 Å². The largest absolute Gasteiger partial charge is 0.497 e. The predicted octanol–water partition coefficient (Wildman–Crippen LogP) is 6.25. The molecule has 0 fully saturated rings. The molecule has 2 nitrogen and oxygen atoms in total. The molecule has 4 heteroatoms. The van der Waals surface area contributed by atoms with Crippen LogP contribution in [0.2, 0.25) is 0 Å². The van der Waals surface area contributed by atoms with E-state index < -0.39 is 0 Å². The number of hydrogen-bond acceptors (Lipinski definition) is 2. The molecule has 3 aromatic rings. The minimum Gasteiger partial charge on any atom is -0.497 e. The Bertz CT molecular complexity index is 861. The van der Waals surface area contributed by atoms with E-state index in [0.717, 1.165) is 22.6 Å². The van der Waals surface area contributed by atoms with E-state index >= 15 is 0 Å². The van der Waals surface area contributed by atoms with Gasteiger partial charge in [-0.1, -0.05) is 30.3 Å². The van der Waals surface area contributed by atoms with Gasteiger partial charge in [0.2, 0.25) is 0 Å². The Kier molecular flexibility index (Phi) is 5.65. The molecule has 0 amide bonds. The lowest BCUT2D eigenvalue weighted by molar-refractivity contribution is 0.404. The van der Waals surface area contributed by atoms with Crippen molar-refractivity contribution in [2.45, 2.75) is 0 Å². The first kappa shape index (κ1) is 17.5. The van der Waals surface area contributed by atoms with Crippen LogP contribution in [0.25, 0.3) is 22.3 Å². The van der Waals surface area contributed by atoms with Gasteiger partial charge in [0.15, 0.2) is 0 Å². The van der Waals surface area contributed by atoms with Gasteiger partial charge < -0.3 is 9.47 Å². The number of halogens is 2. The van der Waals surface area contributed by atoms with Gasteiger partial charge >= 0.3 is 0 Å². The maximum Gasteiger partial charge on any atom is 0.126 e. The fraction of sp³-hybridized carbons (Fsp3) is 0.100. The Balaban J connectivity index is 2.23. The molecular weight excluding hydrogens is 526 g/mol. The summed E-state index contributed by atoms with van der Waals surface area (Å²) in [6, 6.07) is 20.7. The number of rotatable bonds is 4. The normalized spacial score (nSPS) is 10.5. The summed E-state index contributed by atoms with van der Waals surface area (Å²) in [6.45, 7) is 0. The van der Waals surface area contributed by atoms with Crippen LogP contribution in [-0.2, 0) is 0 Å². The molecule has 3 aromatic carbocycles. The first-order valence-corrected chi connectivity index (χ1v) is 9.56. The second-order valence-electron chi connectivity index (χ2n) is 5.25. The predicted molar refractivity (Wildman–Crippen MR) is 116 cm³/mol. The monoisotopic (exact) mass is 542 g/mol.